The molecular formula is C22H23ClF3NO2. The number of alkyl halides is 3. The summed E-state index contributed by atoms with van der Waals surface area (Å²) in [4.78, 5) is 12.6. The Balaban J connectivity index is 1.76. The first kappa shape index (κ1) is 21.5. The molecule has 0 aliphatic heterocycles. The molecule has 3 rings (SSSR count). The van der Waals surface area contributed by atoms with E-state index >= 15 is 0 Å². The van der Waals surface area contributed by atoms with Gasteiger partial charge in [0.2, 0.25) is 5.91 Å². The average Bonchev–Trinajstić information content (AvgIpc) is 3.47. The molecule has 1 aliphatic carbocycles. The van der Waals surface area contributed by atoms with Gasteiger partial charge in [-0.25, -0.2) is 0 Å². The third-order valence-electron chi connectivity index (χ3n) is 5.23. The maximum Gasteiger partial charge on any atom is 0.420 e. The number of rotatable bonds is 8. The summed E-state index contributed by atoms with van der Waals surface area (Å²) in [5, 5.41) is 3.08. The van der Waals surface area contributed by atoms with E-state index in [2.05, 4.69) is 5.32 Å². The molecular weight excluding hydrogens is 403 g/mol. The molecule has 1 fully saturated rings. The van der Waals surface area contributed by atoms with E-state index in [1.807, 2.05) is 6.92 Å². The lowest BCUT2D eigenvalue weighted by Crippen LogP contribution is -2.24. The Labute approximate surface area is 173 Å². The van der Waals surface area contributed by atoms with E-state index in [-0.39, 0.29) is 24.0 Å². The molecule has 0 unspecified atom stereocenters. The summed E-state index contributed by atoms with van der Waals surface area (Å²) < 4.78 is 46.1. The molecule has 0 atom stereocenters. The highest BCUT2D eigenvalue weighted by Gasteiger charge is 2.49. The average molecular weight is 426 g/mol. The number of benzene rings is 2. The van der Waals surface area contributed by atoms with Gasteiger partial charge in [-0.15, -0.1) is 0 Å². The molecule has 156 valence electrons. The Bertz CT molecular complexity index is 879. The Kier molecular flexibility index (Phi) is 6.42. The normalized spacial score (nSPS) is 15.1. The zero-order chi connectivity index (χ0) is 21.1. The minimum atomic E-state index is -4.62. The van der Waals surface area contributed by atoms with E-state index < -0.39 is 17.2 Å². The number of amides is 1. The highest BCUT2D eigenvalue weighted by Crippen LogP contribution is 2.51. The molecule has 1 amide bonds. The minimum Gasteiger partial charge on any atom is -0.488 e. The van der Waals surface area contributed by atoms with Crippen LogP contribution in [0.3, 0.4) is 0 Å². The number of carbonyl (C=O) groups is 1. The number of carbonyl (C=O) groups excluding carboxylic acids is 1. The molecule has 3 nitrogen and oxygen atoms in total. The van der Waals surface area contributed by atoms with Crippen molar-refractivity contribution in [3.63, 3.8) is 0 Å². The summed E-state index contributed by atoms with van der Waals surface area (Å²) in [5.74, 6) is -0.508. The van der Waals surface area contributed by atoms with Crippen LogP contribution in [0.5, 0.6) is 5.75 Å². The molecule has 2 aromatic rings. The molecule has 0 heterocycles. The Morgan fingerprint density at radius 2 is 1.93 bits per heavy atom. The van der Waals surface area contributed by atoms with Crippen LogP contribution in [-0.2, 0) is 17.6 Å². The van der Waals surface area contributed by atoms with Gasteiger partial charge in [0.1, 0.15) is 12.4 Å². The predicted octanol–water partition coefficient (Wildman–Crippen LogP) is 6.85. The number of anilines is 1. The van der Waals surface area contributed by atoms with E-state index in [1.165, 1.54) is 12.1 Å². The predicted molar refractivity (Wildman–Crippen MR) is 107 cm³/mol. The summed E-state index contributed by atoms with van der Waals surface area (Å²) in [6, 6.07) is 10.4. The van der Waals surface area contributed by atoms with E-state index in [0.717, 1.165) is 38.2 Å². The van der Waals surface area contributed by atoms with E-state index in [1.54, 1.807) is 24.3 Å². The van der Waals surface area contributed by atoms with Gasteiger partial charge in [0.15, 0.2) is 0 Å². The van der Waals surface area contributed by atoms with Crippen molar-refractivity contribution >= 4 is 23.2 Å². The second-order valence-corrected chi connectivity index (χ2v) is 7.83. The topological polar surface area (TPSA) is 38.3 Å². The fraction of sp³-hybridized carbons (Fsp3) is 0.409. The maximum atomic E-state index is 13.6. The molecule has 1 aliphatic rings. The van der Waals surface area contributed by atoms with Gasteiger partial charge in [-0.1, -0.05) is 49.6 Å². The van der Waals surface area contributed by atoms with Crippen molar-refractivity contribution in [2.75, 3.05) is 5.32 Å². The zero-order valence-corrected chi connectivity index (χ0v) is 16.9. The van der Waals surface area contributed by atoms with Crippen LogP contribution < -0.4 is 10.1 Å². The zero-order valence-electron chi connectivity index (χ0n) is 16.1. The maximum absolute atomic E-state index is 13.6. The summed E-state index contributed by atoms with van der Waals surface area (Å²) in [6.45, 7) is 1.96. The molecule has 7 heteroatoms. The lowest BCUT2D eigenvalue weighted by Gasteiger charge is -2.18. The Morgan fingerprint density at radius 1 is 1.21 bits per heavy atom. The van der Waals surface area contributed by atoms with Crippen LogP contribution in [0.2, 0.25) is 5.02 Å². The first-order valence-electron chi connectivity index (χ1n) is 9.64. The van der Waals surface area contributed by atoms with E-state index in [4.69, 9.17) is 16.3 Å². The number of halogens is 4. The molecule has 0 radical (unpaired) electrons. The van der Waals surface area contributed by atoms with Crippen LogP contribution in [-0.4, -0.2) is 5.91 Å². The summed E-state index contributed by atoms with van der Waals surface area (Å²) in [5.41, 5.74) is -0.643. The SMILES string of the molecule is CCCCC1(C(=O)Nc2ccc(OCc3ccccc3Cl)c(C(F)(F)F)c2)CC1. The molecule has 0 aromatic heterocycles. The third-order valence-corrected chi connectivity index (χ3v) is 5.60. The summed E-state index contributed by atoms with van der Waals surface area (Å²) in [6.07, 6.45) is -0.384. The van der Waals surface area contributed by atoms with Crippen molar-refractivity contribution in [3.8, 4) is 5.75 Å². The first-order chi connectivity index (χ1) is 13.7. The van der Waals surface area contributed by atoms with Gasteiger partial charge in [0.25, 0.3) is 0 Å². The fourth-order valence-corrected chi connectivity index (χ4v) is 3.44. The second kappa shape index (κ2) is 8.66. The van der Waals surface area contributed by atoms with Gasteiger partial charge >= 0.3 is 6.18 Å². The molecule has 1 N–H and O–H groups in total. The van der Waals surface area contributed by atoms with Gasteiger partial charge in [-0.2, -0.15) is 13.2 Å². The lowest BCUT2D eigenvalue weighted by atomic mass is 9.98. The summed E-state index contributed by atoms with van der Waals surface area (Å²) in [7, 11) is 0. The quantitative estimate of drug-likeness (QED) is 0.502. The molecule has 1 saturated carbocycles. The number of unbranched alkanes of at least 4 members (excludes halogenated alkanes) is 1. The minimum absolute atomic E-state index is 0.0887. The fourth-order valence-electron chi connectivity index (χ4n) is 3.25. The standard InChI is InChI=1S/C22H23ClF3NO2/c1-2-3-10-21(11-12-21)20(28)27-16-8-9-19(17(13-16)22(24,25)26)29-14-15-6-4-5-7-18(15)23/h4-9,13H,2-3,10-12,14H2,1H3,(H,27,28). The molecule has 0 spiro atoms. The Hall–Kier alpha value is -2.21. The van der Waals surface area contributed by atoms with Crippen molar-refractivity contribution < 1.29 is 22.7 Å². The van der Waals surface area contributed by atoms with Crippen molar-refractivity contribution in [3.05, 3.63) is 58.6 Å². The van der Waals surface area contributed by atoms with E-state index in [9.17, 15) is 18.0 Å². The molecule has 29 heavy (non-hydrogen) atoms. The smallest absolute Gasteiger partial charge is 0.420 e. The molecule has 2 aromatic carbocycles. The van der Waals surface area contributed by atoms with Crippen LogP contribution >= 0.6 is 11.6 Å². The van der Waals surface area contributed by atoms with Gasteiger partial charge < -0.3 is 10.1 Å². The third kappa shape index (κ3) is 5.24. The highest BCUT2D eigenvalue weighted by molar-refractivity contribution is 6.31. The van der Waals surface area contributed by atoms with Gasteiger partial charge in [0.05, 0.1) is 5.56 Å². The van der Waals surface area contributed by atoms with Crippen molar-refractivity contribution in [1.82, 2.24) is 0 Å². The van der Waals surface area contributed by atoms with Crippen molar-refractivity contribution in [1.29, 1.82) is 0 Å². The highest BCUT2D eigenvalue weighted by atomic mass is 35.5. The largest absolute Gasteiger partial charge is 0.488 e. The molecule has 0 saturated heterocycles. The monoisotopic (exact) mass is 425 g/mol. The van der Waals surface area contributed by atoms with Crippen LogP contribution in [0, 0.1) is 5.41 Å². The van der Waals surface area contributed by atoms with Crippen LogP contribution in [0.4, 0.5) is 18.9 Å². The number of hydrogen-bond acceptors (Lipinski definition) is 2. The van der Waals surface area contributed by atoms with Crippen LogP contribution in [0.25, 0.3) is 0 Å². The van der Waals surface area contributed by atoms with Gasteiger partial charge in [-0.05, 0) is 43.5 Å². The summed E-state index contributed by atoms with van der Waals surface area (Å²) >= 11 is 6.04. The van der Waals surface area contributed by atoms with Gasteiger partial charge in [0, 0.05) is 21.7 Å². The van der Waals surface area contributed by atoms with Crippen molar-refractivity contribution in [2.45, 2.75) is 51.8 Å². The van der Waals surface area contributed by atoms with Crippen LogP contribution in [0.15, 0.2) is 42.5 Å². The lowest BCUT2D eigenvalue weighted by molar-refractivity contribution is -0.139. The first-order valence-corrected chi connectivity index (χ1v) is 10.0. The number of hydrogen-bond donors (Lipinski definition) is 1. The van der Waals surface area contributed by atoms with Crippen molar-refractivity contribution in [2.24, 2.45) is 5.41 Å². The number of nitrogens with one attached hydrogen (secondary N) is 1. The van der Waals surface area contributed by atoms with Crippen LogP contribution in [0.1, 0.15) is 50.2 Å². The van der Waals surface area contributed by atoms with E-state index in [0.29, 0.717) is 10.6 Å². The second-order valence-electron chi connectivity index (χ2n) is 7.43. The van der Waals surface area contributed by atoms with Gasteiger partial charge in [-0.3, -0.25) is 4.79 Å². The molecule has 0 bridgehead atoms. The Morgan fingerprint density at radius 3 is 2.55 bits per heavy atom. The number of ether oxygens (including phenoxy) is 1.